The number of methoxy groups -OCH3 is 1. The molecule has 0 aliphatic heterocycles. The SMILES string of the molecule is CCNC(Cc1cc(C)cc(C)c1)c1cc(OC)cs1. The molecule has 0 saturated carbocycles. The normalized spacial score (nSPS) is 12.4. The second-order valence-corrected chi connectivity index (χ2v) is 6.14. The van der Waals surface area contributed by atoms with E-state index in [1.165, 1.54) is 21.6 Å². The summed E-state index contributed by atoms with van der Waals surface area (Å²) >= 11 is 1.76. The predicted octanol–water partition coefficient (Wildman–Crippen LogP) is 4.27. The standard InChI is InChI=1S/C17H23NOS/c1-5-18-16(17-10-15(19-4)11-20-17)9-14-7-12(2)6-13(3)8-14/h6-8,10-11,16,18H,5,9H2,1-4H3. The van der Waals surface area contributed by atoms with Gasteiger partial charge < -0.3 is 10.1 Å². The Hall–Kier alpha value is -1.32. The van der Waals surface area contributed by atoms with E-state index in [2.05, 4.69) is 55.7 Å². The van der Waals surface area contributed by atoms with E-state index >= 15 is 0 Å². The summed E-state index contributed by atoms with van der Waals surface area (Å²) in [5.74, 6) is 0.952. The minimum atomic E-state index is 0.357. The minimum Gasteiger partial charge on any atom is -0.496 e. The molecule has 20 heavy (non-hydrogen) atoms. The van der Waals surface area contributed by atoms with Crippen molar-refractivity contribution in [3.63, 3.8) is 0 Å². The molecule has 1 heterocycles. The Bertz CT molecular complexity index is 542. The number of likely N-dealkylation sites (N-methyl/N-ethyl adjacent to an activating group) is 1. The highest BCUT2D eigenvalue weighted by molar-refractivity contribution is 7.10. The van der Waals surface area contributed by atoms with E-state index in [-0.39, 0.29) is 0 Å². The molecule has 0 spiro atoms. The molecule has 108 valence electrons. The molecule has 1 atom stereocenters. The van der Waals surface area contributed by atoms with Crippen LogP contribution in [0.5, 0.6) is 5.75 Å². The van der Waals surface area contributed by atoms with Crippen LogP contribution in [0.15, 0.2) is 29.6 Å². The topological polar surface area (TPSA) is 21.3 Å². The molecule has 1 N–H and O–H groups in total. The first-order valence-corrected chi connectivity index (χ1v) is 7.93. The molecule has 0 saturated heterocycles. The lowest BCUT2D eigenvalue weighted by Gasteiger charge is -2.17. The zero-order chi connectivity index (χ0) is 14.5. The Morgan fingerprint density at radius 1 is 1.15 bits per heavy atom. The Kier molecular flexibility index (Phi) is 5.21. The van der Waals surface area contributed by atoms with Crippen LogP contribution in [0.4, 0.5) is 0 Å². The number of rotatable bonds is 6. The first-order valence-electron chi connectivity index (χ1n) is 7.05. The third kappa shape index (κ3) is 3.84. The first kappa shape index (κ1) is 15.1. The monoisotopic (exact) mass is 289 g/mol. The van der Waals surface area contributed by atoms with Gasteiger partial charge in [0.05, 0.1) is 7.11 Å². The van der Waals surface area contributed by atoms with E-state index in [4.69, 9.17) is 4.74 Å². The molecule has 0 radical (unpaired) electrons. The van der Waals surface area contributed by atoms with Crippen LogP contribution in [-0.2, 0) is 6.42 Å². The highest BCUT2D eigenvalue weighted by atomic mass is 32.1. The number of hydrogen-bond donors (Lipinski definition) is 1. The second-order valence-electron chi connectivity index (χ2n) is 5.20. The summed E-state index contributed by atoms with van der Waals surface area (Å²) in [5, 5.41) is 5.65. The fraction of sp³-hybridized carbons (Fsp3) is 0.412. The van der Waals surface area contributed by atoms with Crippen molar-refractivity contribution in [3.05, 3.63) is 51.2 Å². The average molecular weight is 289 g/mol. The van der Waals surface area contributed by atoms with Crippen molar-refractivity contribution in [1.82, 2.24) is 5.32 Å². The summed E-state index contributed by atoms with van der Waals surface area (Å²) in [6.07, 6.45) is 1.01. The summed E-state index contributed by atoms with van der Waals surface area (Å²) in [7, 11) is 1.72. The fourth-order valence-electron chi connectivity index (χ4n) is 2.57. The van der Waals surface area contributed by atoms with Crippen LogP contribution < -0.4 is 10.1 Å². The van der Waals surface area contributed by atoms with Gasteiger partial charge in [0.15, 0.2) is 0 Å². The highest BCUT2D eigenvalue weighted by Gasteiger charge is 2.14. The zero-order valence-corrected chi connectivity index (χ0v) is 13.5. The Balaban J connectivity index is 2.20. The maximum Gasteiger partial charge on any atom is 0.129 e. The Morgan fingerprint density at radius 3 is 2.40 bits per heavy atom. The molecule has 2 rings (SSSR count). The molecule has 2 aromatic rings. The molecular formula is C17H23NOS. The van der Waals surface area contributed by atoms with Crippen molar-refractivity contribution in [1.29, 1.82) is 0 Å². The molecule has 0 bridgehead atoms. The Morgan fingerprint density at radius 2 is 1.85 bits per heavy atom. The van der Waals surface area contributed by atoms with Gasteiger partial charge in [-0.1, -0.05) is 36.2 Å². The summed E-state index contributed by atoms with van der Waals surface area (Å²) < 4.78 is 5.29. The molecule has 1 aromatic heterocycles. The van der Waals surface area contributed by atoms with Crippen molar-refractivity contribution < 1.29 is 4.74 Å². The number of benzene rings is 1. The quantitative estimate of drug-likeness (QED) is 0.857. The van der Waals surface area contributed by atoms with Gasteiger partial charge in [0, 0.05) is 16.3 Å². The minimum absolute atomic E-state index is 0.357. The average Bonchev–Trinajstić information content (AvgIpc) is 2.85. The molecule has 0 amide bonds. The summed E-state index contributed by atoms with van der Waals surface area (Å²) in [6.45, 7) is 7.44. The van der Waals surface area contributed by atoms with Crippen LogP contribution >= 0.6 is 11.3 Å². The van der Waals surface area contributed by atoms with E-state index in [9.17, 15) is 0 Å². The molecule has 3 heteroatoms. The lowest BCUT2D eigenvalue weighted by atomic mass is 10.0. The van der Waals surface area contributed by atoms with Crippen LogP contribution in [0.1, 0.15) is 34.5 Å². The smallest absolute Gasteiger partial charge is 0.129 e. The van der Waals surface area contributed by atoms with Gasteiger partial charge in [0.25, 0.3) is 0 Å². The van der Waals surface area contributed by atoms with E-state index < -0.39 is 0 Å². The van der Waals surface area contributed by atoms with Crippen LogP contribution in [-0.4, -0.2) is 13.7 Å². The van der Waals surface area contributed by atoms with E-state index in [1.807, 2.05) is 0 Å². The van der Waals surface area contributed by atoms with Crippen LogP contribution in [0.2, 0.25) is 0 Å². The summed E-state index contributed by atoms with van der Waals surface area (Å²) in [4.78, 5) is 1.34. The second kappa shape index (κ2) is 6.91. The lowest BCUT2D eigenvalue weighted by Crippen LogP contribution is -2.22. The fourth-order valence-corrected chi connectivity index (χ4v) is 3.50. The predicted molar refractivity (Wildman–Crippen MR) is 86.9 cm³/mol. The van der Waals surface area contributed by atoms with Crippen LogP contribution in [0.25, 0.3) is 0 Å². The number of thiophene rings is 1. The molecule has 0 aliphatic rings. The van der Waals surface area contributed by atoms with Gasteiger partial charge in [0.1, 0.15) is 5.75 Å². The van der Waals surface area contributed by atoms with Gasteiger partial charge in [-0.3, -0.25) is 0 Å². The lowest BCUT2D eigenvalue weighted by molar-refractivity contribution is 0.415. The van der Waals surface area contributed by atoms with Crippen molar-refractivity contribution >= 4 is 11.3 Å². The molecule has 1 unspecified atom stereocenters. The van der Waals surface area contributed by atoms with Gasteiger partial charge in [-0.2, -0.15) is 0 Å². The van der Waals surface area contributed by atoms with E-state index in [1.54, 1.807) is 18.4 Å². The molecule has 2 nitrogen and oxygen atoms in total. The summed E-state index contributed by atoms with van der Waals surface area (Å²) in [6, 6.07) is 9.28. The van der Waals surface area contributed by atoms with E-state index in [0.717, 1.165) is 18.7 Å². The third-order valence-corrected chi connectivity index (χ3v) is 4.37. The van der Waals surface area contributed by atoms with Gasteiger partial charge in [0.2, 0.25) is 0 Å². The van der Waals surface area contributed by atoms with Crippen LogP contribution in [0, 0.1) is 13.8 Å². The van der Waals surface area contributed by atoms with Gasteiger partial charge >= 0.3 is 0 Å². The Labute approximate surface area is 125 Å². The van der Waals surface area contributed by atoms with Crippen LogP contribution in [0.3, 0.4) is 0 Å². The first-order chi connectivity index (χ1) is 9.62. The van der Waals surface area contributed by atoms with Gasteiger partial charge in [-0.05, 0) is 38.4 Å². The third-order valence-electron chi connectivity index (χ3n) is 3.35. The van der Waals surface area contributed by atoms with E-state index in [0.29, 0.717) is 6.04 Å². The number of aryl methyl sites for hydroxylation is 2. The summed E-state index contributed by atoms with van der Waals surface area (Å²) in [5.41, 5.74) is 4.05. The van der Waals surface area contributed by atoms with Crippen molar-refractivity contribution in [3.8, 4) is 5.75 Å². The maximum atomic E-state index is 5.29. The highest BCUT2D eigenvalue weighted by Crippen LogP contribution is 2.29. The number of hydrogen-bond acceptors (Lipinski definition) is 3. The zero-order valence-electron chi connectivity index (χ0n) is 12.7. The van der Waals surface area contributed by atoms with Crippen molar-refractivity contribution in [2.75, 3.05) is 13.7 Å². The van der Waals surface area contributed by atoms with Gasteiger partial charge in [-0.25, -0.2) is 0 Å². The van der Waals surface area contributed by atoms with Gasteiger partial charge in [-0.15, -0.1) is 11.3 Å². The molecule has 0 aliphatic carbocycles. The molecular weight excluding hydrogens is 266 g/mol. The number of nitrogens with one attached hydrogen (secondary N) is 1. The molecule has 1 aromatic carbocycles. The largest absolute Gasteiger partial charge is 0.496 e. The van der Waals surface area contributed by atoms with Crippen molar-refractivity contribution in [2.24, 2.45) is 0 Å². The number of ether oxygens (including phenoxy) is 1. The molecule has 0 fully saturated rings. The van der Waals surface area contributed by atoms with Crippen molar-refractivity contribution in [2.45, 2.75) is 33.2 Å². The maximum absolute atomic E-state index is 5.29.